The molecule has 1 fully saturated rings. The van der Waals surface area contributed by atoms with Gasteiger partial charge in [-0.2, -0.15) is 0 Å². The van der Waals surface area contributed by atoms with Crippen LogP contribution in [0.5, 0.6) is 0 Å². The van der Waals surface area contributed by atoms with E-state index >= 15 is 0 Å². The van der Waals surface area contributed by atoms with Gasteiger partial charge in [0.25, 0.3) is 0 Å². The minimum absolute atomic E-state index is 0.00283. The molecule has 2 N–H and O–H groups in total. The molecule has 0 aromatic carbocycles. The highest BCUT2D eigenvalue weighted by atomic mass is 16.2. The van der Waals surface area contributed by atoms with Crippen LogP contribution in [0.1, 0.15) is 44.0 Å². The molecular formula is C14H21N5O. The van der Waals surface area contributed by atoms with Crippen molar-refractivity contribution in [2.45, 2.75) is 50.7 Å². The van der Waals surface area contributed by atoms with Crippen LogP contribution in [0.15, 0.2) is 18.5 Å². The molecule has 1 amide bonds. The van der Waals surface area contributed by atoms with Gasteiger partial charge in [0.1, 0.15) is 12.4 Å². The molecular weight excluding hydrogens is 254 g/mol. The third-order valence-electron chi connectivity index (χ3n) is 4.10. The second kappa shape index (κ2) is 6.17. The van der Waals surface area contributed by atoms with Gasteiger partial charge in [0.15, 0.2) is 5.82 Å². The molecule has 6 nitrogen and oxygen atoms in total. The third-order valence-corrected chi connectivity index (χ3v) is 4.10. The second-order valence-electron chi connectivity index (χ2n) is 5.48. The zero-order valence-corrected chi connectivity index (χ0v) is 11.6. The van der Waals surface area contributed by atoms with E-state index in [1.807, 2.05) is 12.2 Å². The third kappa shape index (κ3) is 2.90. The van der Waals surface area contributed by atoms with Crippen molar-refractivity contribution in [3.8, 4) is 0 Å². The van der Waals surface area contributed by atoms with E-state index in [-0.39, 0.29) is 11.9 Å². The minimum Gasteiger partial charge on any atom is -0.347 e. The Hall–Kier alpha value is -1.69. The van der Waals surface area contributed by atoms with Gasteiger partial charge in [0, 0.05) is 12.6 Å². The van der Waals surface area contributed by atoms with Crippen LogP contribution in [-0.2, 0) is 11.3 Å². The maximum Gasteiger partial charge on any atom is 0.241 e. The number of amides is 1. The van der Waals surface area contributed by atoms with Gasteiger partial charge in [-0.05, 0) is 12.8 Å². The molecule has 1 atom stereocenters. The smallest absolute Gasteiger partial charge is 0.241 e. The van der Waals surface area contributed by atoms with Crippen molar-refractivity contribution < 1.29 is 4.79 Å². The lowest BCUT2D eigenvalue weighted by atomic mass is 9.95. The van der Waals surface area contributed by atoms with Crippen molar-refractivity contribution in [1.82, 2.24) is 25.4 Å². The Morgan fingerprint density at radius 3 is 3.00 bits per heavy atom. The van der Waals surface area contributed by atoms with Crippen molar-refractivity contribution >= 4 is 5.91 Å². The zero-order valence-electron chi connectivity index (χ0n) is 11.6. The summed E-state index contributed by atoms with van der Waals surface area (Å²) in [4.78, 5) is 11.9. The van der Waals surface area contributed by atoms with Gasteiger partial charge in [-0.15, -0.1) is 10.2 Å². The van der Waals surface area contributed by atoms with Crippen molar-refractivity contribution in [2.24, 2.45) is 0 Å². The number of carbonyl (C=O) groups excluding carboxylic acids is 1. The summed E-state index contributed by atoms with van der Waals surface area (Å²) in [7, 11) is 0. The van der Waals surface area contributed by atoms with E-state index in [4.69, 9.17) is 0 Å². The molecule has 1 aromatic rings. The SMILES string of the molecule is O=C(NCc1nncn1C1CCCCC1)C1C=CCN1. The first-order valence-electron chi connectivity index (χ1n) is 7.41. The summed E-state index contributed by atoms with van der Waals surface area (Å²) >= 11 is 0. The van der Waals surface area contributed by atoms with E-state index < -0.39 is 0 Å². The fourth-order valence-electron chi connectivity index (χ4n) is 2.98. The first-order valence-corrected chi connectivity index (χ1v) is 7.41. The van der Waals surface area contributed by atoms with Crippen LogP contribution in [0.2, 0.25) is 0 Å². The summed E-state index contributed by atoms with van der Waals surface area (Å²) < 4.78 is 2.14. The number of hydrogen-bond donors (Lipinski definition) is 2. The number of nitrogens with one attached hydrogen (secondary N) is 2. The highest BCUT2D eigenvalue weighted by Crippen LogP contribution is 2.28. The summed E-state index contributed by atoms with van der Waals surface area (Å²) in [6, 6.07) is 0.288. The molecule has 108 valence electrons. The first-order chi connectivity index (χ1) is 9.84. The van der Waals surface area contributed by atoms with Crippen molar-refractivity contribution in [3.05, 3.63) is 24.3 Å². The molecule has 2 heterocycles. The summed E-state index contributed by atoms with van der Waals surface area (Å²) in [5.74, 6) is 0.851. The Labute approximate surface area is 118 Å². The monoisotopic (exact) mass is 275 g/mol. The van der Waals surface area contributed by atoms with Crippen molar-refractivity contribution in [3.63, 3.8) is 0 Å². The van der Waals surface area contributed by atoms with Crippen molar-refractivity contribution in [1.29, 1.82) is 0 Å². The Morgan fingerprint density at radius 1 is 1.40 bits per heavy atom. The minimum atomic E-state index is -0.207. The quantitative estimate of drug-likeness (QED) is 0.802. The number of hydrogen-bond acceptors (Lipinski definition) is 4. The van der Waals surface area contributed by atoms with Gasteiger partial charge in [0.05, 0.1) is 6.54 Å². The molecule has 2 aliphatic rings. The van der Waals surface area contributed by atoms with Crippen LogP contribution in [0, 0.1) is 0 Å². The predicted molar refractivity (Wildman–Crippen MR) is 74.9 cm³/mol. The lowest BCUT2D eigenvalue weighted by Gasteiger charge is -2.24. The van der Waals surface area contributed by atoms with Gasteiger partial charge in [0.2, 0.25) is 5.91 Å². The predicted octanol–water partition coefficient (Wildman–Crippen LogP) is 0.927. The molecule has 0 spiro atoms. The average molecular weight is 275 g/mol. The Kier molecular flexibility index (Phi) is 4.11. The molecule has 6 heteroatoms. The Bertz CT molecular complexity index is 490. The average Bonchev–Trinajstić information content (AvgIpc) is 3.17. The van der Waals surface area contributed by atoms with E-state index in [2.05, 4.69) is 25.4 Å². The molecule has 3 rings (SSSR count). The van der Waals surface area contributed by atoms with Crippen LogP contribution in [-0.4, -0.2) is 33.3 Å². The highest BCUT2D eigenvalue weighted by molar-refractivity contribution is 5.84. The molecule has 1 aliphatic heterocycles. The van der Waals surface area contributed by atoms with Crippen molar-refractivity contribution in [2.75, 3.05) is 6.54 Å². The molecule has 0 bridgehead atoms. The van der Waals surface area contributed by atoms with Gasteiger partial charge >= 0.3 is 0 Å². The fraction of sp³-hybridized carbons (Fsp3) is 0.643. The molecule has 1 saturated carbocycles. The van der Waals surface area contributed by atoms with Gasteiger partial charge < -0.3 is 9.88 Å². The van der Waals surface area contributed by atoms with Gasteiger partial charge in [-0.25, -0.2) is 0 Å². The van der Waals surface area contributed by atoms with Crippen LogP contribution < -0.4 is 10.6 Å². The number of nitrogens with zero attached hydrogens (tertiary/aromatic N) is 3. The normalized spacial score (nSPS) is 23.1. The van der Waals surface area contributed by atoms with E-state index in [1.165, 1.54) is 32.1 Å². The summed E-state index contributed by atoms with van der Waals surface area (Å²) in [5, 5.41) is 14.2. The van der Waals surface area contributed by atoms with Gasteiger partial charge in [-0.3, -0.25) is 10.1 Å². The van der Waals surface area contributed by atoms with Gasteiger partial charge in [-0.1, -0.05) is 31.4 Å². The zero-order chi connectivity index (χ0) is 13.8. The topological polar surface area (TPSA) is 71.8 Å². The molecule has 0 saturated heterocycles. The summed E-state index contributed by atoms with van der Waals surface area (Å²) in [6.45, 7) is 1.21. The van der Waals surface area contributed by atoms with E-state index in [1.54, 1.807) is 6.33 Å². The molecule has 1 aliphatic carbocycles. The number of aromatic nitrogens is 3. The van der Waals surface area contributed by atoms with Crippen LogP contribution in [0.4, 0.5) is 0 Å². The van der Waals surface area contributed by atoms with E-state index in [0.29, 0.717) is 12.6 Å². The number of rotatable bonds is 4. The van der Waals surface area contributed by atoms with Crippen LogP contribution in [0.25, 0.3) is 0 Å². The fourth-order valence-corrected chi connectivity index (χ4v) is 2.98. The number of carbonyl (C=O) groups is 1. The molecule has 1 aromatic heterocycles. The van der Waals surface area contributed by atoms with Crippen LogP contribution >= 0.6 is 0 Å². The standard InChI is InChI=1S/C14H21N5O/c20-14(12-7-4-8-15-12)16-9-13-18-17-10-19(13)11-5-2-1-3-6-11/h4,7,10-12,15H,1-3,5-6,8-9H2,(H,16,20). The highest BCUT2D eigenvalue weighted by Gasteiger charge is 2.20. The second-order valence-corrected chi connectivity index (χ2v) is 5.48. The molecule has 0 radical (unpaired) electrons. The molecule has 20 heavy (non-hydrogen) atoms. The largest absolute Gasteiger partial charge is 0.347 e. The summed E-state index contributed by atoms with van der Waals surface area (Å²) in [6.07, 6.45) is 11.9. The molecule has 1 unspecified atom stereocenters. The Morgan fingerprint density at radius 2 is 2.25 bits per heavy atom. The first kappa shape index (κ1) is 13.3. The van der Waals surface area contributed by atoms with Crippen LogP contribution in [0.3, 0.4) is 0 Å². The Balaban J connectivity index is 1.58. The lowest BCUT2D eigenvalue weighted by molar-refractivity contribution is -0.122. The van der Waals surface area contributed by atoms with E-state index in [0.717, 1.165) is 12.4 Å². The lowest BCUT2D eigenvalue weighted by Crippen LogP contribution is -2.40. The van der Waals surface area contributed by atoms with E-state index in [9.17, 15) is 4.79 Å². The summed E-state index contributed by atoms with van der Waals surface area (Å²) in [5.41, 5.74) is 0. The maximum absolute atomic E-state index is 11.9. The maximum atomic E-state index is 11.9.